The fourth-order valence-corrected chi connectivity index (χ4v) is 4.31. The molecule has 0 spiro atoms. The van der Waals surface area contributed by atoms with Crippen molar-refractivity contribution < 1.29 is 23.5 Å². The molecule has 188 valence electrons. The van der Waals surface area contributed by atoms with E-state index in [4.69, 9.17) is 9.47 Å². The summed E-state index contributed by atoms with van der Waals surface area (Å²) in [7, 11) is 2.08. The fourth-order valence-electron chi connectivity index (χ4n) is 4.31. The van der Waals surface area contributed by atoms with Gasteiger partial charge in [0.15, 0.2) is 29.7 Å². The predicted molar refractivity (Wildman–Crippen MR) is 128 cm³/mol. The molecular weight excluding hydrogens is 471 g/mol. The molecule has 3 aromatic heterocycles. The Labute approximate surface area is 205 Å². The highest BCUT2D eigenvalue weighted by Crippen LogP contribution is 2.28. The van der Waals surface area contributed by atoms with Crippen molar-refractivity contribution in [3.63, 3.8) is 0 Å². The summed E-state index contributed by atoms with van der Waals surface area (Å²) in [5.41, 5.74) is 1.16. The monoisotopic (exact) mass is 496 g/mol. The number of nitrogens with one attached hydrogen (secondary N) is 2. The van der Waals surface area contributed by atoms with Crippen molar-refractivity contribution in [2.45, 2.75) is 25.4 Å². The lowest BCUT2D eigenvalue weighted by Gasteiger charge is -2.29. The maximum atomic E-state index is 13.4. The molecule has 6 rings (SSSR count). The Hall–Kier alpha value is -4.06. The van der Waals surface area contributed by atoms with Crippen LogP contribution in [0.4, 0.5) is 10.2 Å². The summed E-state index contributed by atoms with van der Waals surface area (Å²) < 4.78 is 25.3. The normalized spacial score (nSPS) is 17.1. The number of carbonyl (C=O) groups is 2. The molecule has 0 bridgehead atoms. The van der Waals surface area contributed by atoms with Crippen molar-refractivity contribution in [2.24, 2.45) is 0 Å². The largest absolute Gasteiger partial charge is 0.486 e. The van der Waals surface area contributed by atoms with Crippen molar-refractivity contribution in [1.82, 2.24) is 24.8 Å². The molecule has 3 aliphatic heterocycles. The minimum absolute atomic E-state index is 0.0180. The zero-order chi connectivity index (χ0) is 25.2. The lowest BCUT2D eigenvalue weighted by Crippen LogP contribution is -2.43. The summed E-state index contributed by atoms with van der Waals surface area (Å²) in [6.07, 6.45) is 2.98. The Bertz CT molecular complexity index is 1390. The van der Waals surface area contributed by atoms with E-state index < -0.39 is 5.82 Å². The molecule has 2 amide bonds. The average molecular weight is 496 g/mol. The van der Waals surface area contributed by atoms with Gasteiger partial charge in [0.05, 0.1) is 18.3 Å². The summed E-state index contributed by atoms with van der Waals surface area (Å²) in [6, 6.07) is 6.46. The number of halogens is 1. The van der Waals surface area contributed by atoms with Crippen molar-refractivity contribution in [2.75, 3.05) is 38.7 Å². The van der Waals surface area contributed by atoms with Gasteiger partial charge in [-0.3, -0.25) is 19.4 Å². The predicted octanol–water partition coefficient (Wildman–Crippen LogP) is 1.16. The molecule has 0 saturated carbocycles. The maximum absolute atomic E-state index is 13.4. The molecule has 1 saturated heterocycles. The van der Waals surface area contributed by atoms with E-state index in [0.29, 0.717) is 41.4 Å². The maximum Gasteiger partial charge on any atom is 0.270 e. The van der Waals surface area contributed by atoms with Gasteiger partial charge >= 0.3 is 0 Å². The molecule has 3 aliphatic rings. The number of carbonyl (C=O) groups excluding carboxylic acids is 2. The van der Waals surface area contributed by atoms with E-state index in [2.05, 4.69) is 32.5 Å². The Morgan fingerprint density at radius 3 is 2.75 bits per heavy atom. The minimum atomic E-state index is -0.526. The molecule has 0 aliphatic carbocycles. The van der Waals surface area contributed by atoms with E-state index in [-0.39, 0.29) is 35.8 Å². The molecule has 11 nitrogen and oxygen atoms in total. The van der Waals surface area contributed by atoms with Crippen molar-refractivity contribution in [3.05, 3.63) is 52.3 Å². The standard InChI is InChI=1S/C14H18N4O3.C10H7FN2O2/c1-18-6-4-9(5-7-18)15-14(20)10-2-3-11-13(16-10)17-12(19)8-21-11;11-6-5-12-7-1-2-8(14)13-3-4-15-10(6)9(7)13/h2-3,9H,4-8H2,1H3,(H,15,20)(H,16,17,19);1-2,5H,3-4H2. The van der Waals surface area contributed by atoms with Gasteiger partial charge in [-0.1, -0.05) is 0 Å². The van der Waals surface area contributed by atoms with Crippen LogP contribution < -0.4 is 25.7 Å². The number of fused-ring (bicyclic) bond motifs is 1. The van der Waals surface area contributed by atoms with E-state index in [1.54, 1.807) is 18.2 Å². The van der Waals surface area contributed by atoms with Gasteiger partial charge in [-0.25, -0.2) is 9.37 Å². The van der Waals surface area contributed by atoms with Crippen LogP contribution in [0.3, 0.4) is 0 Å². The van der Waals surface area contributed by atoms with Gasteiger partial charge in [0.25, 0.3) is 17.4 Å². The van der Waals surface area contributed by atoms with E-state index >= 15 is 0 Å². The first-order valence-corrected chi connectivity index (χ1v) is 11.6. The third-order valence-electron chi connectivity index (χ3n) is 6.23. The van der Waals surface area contributed by atoms with Crippen LogP contribution in [-0.4, -0.2) is 70.6 Å². The molecule has 3 aromatic rings. The molecular formula is C24H25FN6O5. The number of hydrogen-bond donors (Lipinski definition) is 2. The molecule has 0 atom stereocenters. The third kappa shape index (κ3) is 4.85. The highest BCUT2D eigenvalue weighted by molar-refractivity contribution is 5.97. The number of piperidine rings is 1. The minimum Gasteiger partial charge on any atom is -0.486 e. The number of rotatable bonds is 2. The third-order valence-corrected chi connectivity index (χ3v) is 6.23. The highest BCUT2D eigenvalue weighted by Gasteiger charge is 2.23. The lowest BCUT2D eigenvalue weighted by atomic mass is 10.1. The summed E-state index contributed by atoms with van der Waals surface area (Å²) >= 11 is 0. The Kier molecular flexibility index (Phi) is 6.51. The van der Waals surface area contributed by atoms with Crippen LogP contribution in [0.15, 0.2) is 35.3 Å². The van der Waals surface area contributed by atoms with Gasteiger partial charge in [0.2, 0.25) is 0 Å². The highest BCUT2D eigenvalue weighted by atomic mass is 19.1. The molecule has 0 unspecified atom stereocenters. The van der Waals surface area contributed by atoms with Crippen LogP contribution in [0.25, 0.3) is 11.0 Å². The first-order chi connectivity index (χ1) is 17.4. The average Bonchev–Trinajstić information content (AvgIpc) is 2.89. The number of likely N-dealkylation sites (tertiary alicyclic amines) is 1. The number of pyridine rings is 3. The quantitative estimate of drug-likeness (QED) is 0.541. The second kappa shape index (κ2) is 9.90. The SMILES string of the molecule is CN1CCC(NC(=O)c2ccc3c(n2)NC(=O)CO3)CC1.O=c1ccc2ncc(F)c3c2n1CCO3. The number of nitrogens with zero attached hydrogens (tertiary/aromatic N) is 4. The van der Waals surface area contributed by atoms with Gasteiger partial charge < -0.3 is 29.6 Å². The van der Waals surface area contributed by atoms with Crippen molar-refractivity contribution in [1.29, 1.82) is 0 Å². The van der Waals surface area contributed by atoms with E-state index in [9.17, 15) is 18.8 Å². The van der Waals surface area contributed by atoms with Crippen molar-refractivity contribution >= 4 is 28.7 Å². The summed E-state index contributed by atoms with van der Waals surface area (Å²) in [5.74, 6) is -0.0757. The summed E-state index contributed by atoms with van der Waals surface area (Å²) in [5, 5.41) is 5.59. The van der Waals surface area contributed by atoms with Crippen LogP contribution in [0.2, 0.25) is 0 Å². The first kappa shape index (κ1) is 23.7. The summed E-state index contributed by atoms with van der Waals surface area (Å²) in [4.78, 5) is 45.3. The Morgan fingerprint density at radius 2 is 1.94 bits per heavy atom. The Morgan fingerprint density at radius 1 is 1.14 bits per heavy atom. The van der Waals surface area contributed by atoms with Gasteiger partial charge in [-0.05, 0) is 51.2 Å². The van der Waals surface area contributed by atoms with Crippen molar-refractivity contribution in [3.8, 4) is 11.5 Å². The van der Waals surface area contributed by atoms with Gasteiger partial charge in [0.1, 0.15) is 17.8 Å². The Balaban J connectivity index is 0.000000156. The van der Waals surface area contributed by atoms with E-state index in [1.807, 2.05) is 0 Å². The van der Waals surface area contributed by atoms with Gasteiger partial charge in [-0.15, -0.1) is 0 Å². The number of aromatic nitrogens is 3. The van der Waals surface area contributed by atoms with Crippen LogP contribution in [0.5, 0.6) is 11.5 Å². The number of amides is 2. The van der Waals surface area contributed by atoms with Crippen LogP contribution in [0, 0.1) is 5.82 Å². The topological polar surface area (TPSA) is 128 Å². The second-order valence-corrected chi connectivity index (χ2v) is 8.77. The second-order valence-electron chi connectivity index (χ2n) is 8.77. The molecule has 6 heterocycles. The van der Waals surface area contributed by atoms with E-state index in [1.165, 1.54) is 10.6 Å². The smallest absolute Gasteiger partial charge is 0.270 e. The zero-order valence-electron chi connectivity index (χ0n) is 19.6. The zero-order valence-corrected chi connectivity index (χ0v) is 19.6. The van der Waals surface area contributed by atoms with Crippen LogP contribution in [-0.2, 0) is 11.3 Å². The molecule has 1 fully saturated rings. The van der Waals surface area contributed by atoms with Gasteiger partial charge in [0, 0.05) is 12.1 Å². The van der Waals surface area contributed by atoms with E-state index in [0.717, 1.165) is 32.1 Å². The van der Waals surface area contributed by atoms with Crippen LogP contribution >= 0.6 is 0 Å². The number of hydrogen-bond acceptors (Lipinski definition) is 8. The molecule has 2 N–H and O–H groups in total. The lowest BCUT2D eigenvalue weighted by molar-refractivity contribution is -0.118. The molecule has 36 heavy (non-hydrogen) atoms. The molecule has 0 aromatic carbocycles. The number of ether oxygens (including phenoxy) is 2. The molecule has 12 heteroatoms. The van der Waals surface area contributed by atoms with Crippen LogP contribution in [0.1, 0.15) is 23.3 Å². The van der Waals surface area contributed by atoms with Gasteiger partial charge in [-0.2, -0.15) is 0 Å². The summed E-state index contributed by atoms with van der Waals surface area (Å²) in [6.45, 7) is 2.69. The molecule has 0 radical (unpaired) electrons. The number of anilines is 1. The first-order valence-electron chi connectivity index (χ1n) is 11.6. The fraction of sp³-hybridized carbons (Fsp3) is 0.375.